The van der Waals surface area contributed by atoms with Crippen molar-refractivity contribution in [2.45, 2.75) is 0 Å². The van der Waals surface area contributed by atoms with Gasteiger partial charge in [-0.2, -0.15) is 10.1 Å². The number of hydrogen-bond donors (Lipinski definition) is 1. The zero-order valence-corrected chi connectivity index (χ0v) is 16.5. The summed E-state index contributed by atoms with van der Waals surface area (Å²) in [5.41, 5.74) is 4.11. The zero-order chi connectivity index (χ0) is 21.2. The first-order chi connectivity index (χ1) is 15.2. The molecule has 3 heterocycles. The molecule has 0 bridgehead atoms. The molecule has 0 atom stereocenters. The number of furan rings is 1. The third kappa shape index (κ3) is 3.74. The molecule has 0 saturated heterocycles. The van der Waals surface area contributed by atoms with Crippen LogP contribution in [0.25, 0.3) is 34.1 Å². The van der Waals surface area contributed by atoms with Gasteiger partial charge in [0.15, 0.2) is 5.76 Å². The zero-order valence-electron chi connectivity index (χ0n) is 16.5. The Hall–Kier alpha value is -4.46. The number of anilines is 1. The van der Waals surface area contributed by atoms with Crippen molar-refractivity contribution in [3.8, 4) is 34.1 Å². The third-order valence-electron chi connectivity index (χ3n) is 4.78. The van der Waals surface area contributed by atoms with Crippen LogP contribution in [0.5, 0.6) is 0 Å². The molecule has 3 aromatic heterocycles. The number of nitrogens with zero attached hydrogens (tertiary/aromatic N) is 4. The lowest BCUT2D eigenvalue weighted by atomic mass is 10.1. The van der Waals surface area contributed by atoms with Crippen LogP contribution < -0.4 is 5.32 Å². The van der Waals surface area contributed by atoms with Crippen LogP contribution in [0, 0.1) is 0 Å². The molecule has 1 amide bonds. The number of amides is 1. The fourth-order valence-corrected chi connectivity index (χ4v) is 3.26. The minimum absolute atomic E-state index is 0.235. The lowest BCUT2D eigenvalue weighted by Crippen LogP contribution is -2.10. The van der Waals surface area contributed by atoms with Crippen LogP contribution in [-0.4, -0.2) is 25.8 Å². The van der Waals surface area contributed by atoms with Gasteiger partial charge in [-0.05, 0) is 42.5 Å². The van der Waals surface area contributed by atoms with Gasteiger partial charge in [-0.3, -0.25) is 9.48 Å². The van der Waals surface area contributed by atoms with Gasteiger partial charge in [0.2, 0.25) is 5.82 Å². The highest BCUT2D eigenvalue weighted by molar-refractivity contribution is 6.02. The summed E-state index contributed by atoms with van der Waals surface area (Å²) >= 11 is 0. The number of carbonyl (C=O) groups excluding carboxylic acids is 1. The van der Waals surface area contributed by atoms with Crippen LogP contribution in [0.1, 0.15) is 10.6 Å². The van der Waals surface area contributed by atoms with E-state index in [-0.39, 0.29) is 11.7 Å². The monoisotopic (exact) mass is 411 g/mol. The predicted molar refractivity (Wildman–Crippen MR) is 114 cm³/mol. The third-order valence-corrected chi connectivity index (χ3v) is 4.78. The van der Waals surface area contributed by atoms with Gasteiger partial charge in [0, 0.05) is 35.6 Å². The van der Waals surface area contributed by atoms with Crippen LogP contribution in [0.3, 0.4) is 0 Å². The summed E-state index contributed by atoms with van der Waals surface area (Å²) in [5.74, 6) is 0.734. The van der Waals surface area contributed by atoms with Crippen molar-refractivity contribution in [2.24, 2.45) is 7.05 Å². The average Bonchev–Trinajstić information content (AvgIpc) is 3.55. The molecular weight excluding hydrogens is 394 g/mol. The van der Waals surface area contributed by atoms with Crippen molar-refractivity contribution < 1.29 is 13.7 Å². The molecule has 152 valence electrons. The normalized spacial score (nSPS) is 10.9. The smallest absolute Gasteiger partial charge is 0.291 e. The van der Waals surface area contributed by atoms with Gasteiger partial charge < -0.3 is 14.3 Å². The number of carbonyl (C=O) groups is 1. The lowest BCUT2D eigenvalue weighted by molar-refractivity contribution is 0.0996. The highest BCUT2D eigenvalue weighted by Crippen LogP contribution is 2.27. The number of nitrogens with one attached hydrogen (secondary N) is 1. The average molecular weight is 411 g/mol. The fraction of sp³-hybridized carbons (Fsp3) is 0.0435. The van der Waals surface area contributed by atoms with E-state index < -0.39 is 0 Å². The summed E-state index contributed by atoms with van der Waals surface area (Å²) < 4.78 is 12.4. The molecule has 0 aliphatic rings. The first kappa shape index (κ1) is 18.6. The predicted octanol–water partition coefficient (Wildman–Crippen LogP) is 4.65. The topological polar surface area (TPSA) is 99.0 Å². The van der Waals surface area contributed by atoms with E-state index in [0.29, 0.717) is 23.0 Å². The molecule has 0 aliphatic carbocycles. The van der Waals surface area contributed by atoms with E-state index >= 15 is 0 Å². The van der Waals surface area contributed by atoms with Crippen molar-refractivity contribution in [3.63, 3.8) is 0 Å². The van der Waals surface area contributed by atoms with E-state index in [1.54, 1.807) is 36.5 Å². The van der Waals surface area contributed by atoms with Gasteiger partial charge in [-0.15, -0.1) is 0 Å². The molecule has 8 nitrogen and oxygen atoms in total. The molecule has 8 heteroatoms. The van der Waals surface area contributed by atoms with Gasteiger partial charge in [-0.25, -0.2) is 0 Å². The summed E-state index contributed by atoms with van der Waals surface area (Å²) in [7, 11) is 1.89. The SMILES string of the molecule is Cn1nccc1-c1cccc(-c2noc(-c3cccc(NC(=O)c4ccco4)c3)n2)c1. The molecule has 0 unspecified atom stereocenters. The van der Waals surface area contributed by atoms with Crippen molar-refractivity contribution >= 4 is 11.6 Å². The molecule has 31 heavy (non-hydrogen) atoms. The Labute approximate surface area is 177 Å². The van der Waals surface area contributed by atoms with E-state index in [1.165, 1.54) is 6.26 Å². The molecule has 0 aliphatic heterocycles. The minimum atomic E-state index is -0.333. The first-order valence-corrected chi connectivity index (χ1v) is 9.55. The van der Waals surface area contributed by atoms with Gasteiger partial charge in [0.1, 0.15) is 0 Å². The van der Waals surface area contributed by atoms with E-state index in [1.807, 2.05) is 48.1 Å². The second kappa shape index (κ2) is 7.75. The first-order valence-electron chi connectivity index (χ1n) is 9.55. The summed E-state index contributed by atoms with van der Waals surface area (Å²) in [4.78, 5) is 16.7. The molecule has 0 fully saturated rings. The van der Waals surface area contributed by atoms with E-state index in [2.05, 4.69) is 20.6 Å². The maximum Gasteiger partial charge on any atom is 0.291 e. The molecule has 0 spiro atoms. The maximum atomic E-state index is 12.2. The molecule has 0 radical (unpaired) electrons. The van der Waals surface area contributed by atoms with Crippen LogP contribution in [0.15, 0.2) is 88.1 Å². The van der Waals surface area contributed by atoms with E-state index in [9.17, 15) is 4.79 Å². The van der Waals surface area contributed by atoms with Crippen molar-refractivity contribution in [1.29, 1.82) is 0 Å². The Morgan fingerprint density at radius 2 is 1.81 bits per heavy atom. The van der Waals surface area contributed by atoms with E-state index in [4.69, 9.17) is 8.94 Å². The molecule has 5 rings (SSSR count). The molecular formula is C23H17N5O3. The summed E-state index contributed by atoms with van der Waals surface area (Å²) in [6.07, 6.45) is 3.21. The largest absolute Gasteiger partial charge is 0.459 e. The Morgan fingerprint density at radius 3 is 2.61 bits per heavy atom. The van der Waals surface area contributed by atoms with Crippen molar-refractivity contribution in [1.82, 2.24) is 19.9 Å². The second-order valence-corrected chi connectivity index (χ2v) is 6.86. The van der Waals surface area contributed by atoms with Crippen molar-refractivity contribution in [3.05, 3.63) is 85.0 Å². The van der Waals surface area contributed by atoms with Gasteiger partial charge >= 0.3 is 0 Å². The van der Waals surface area contributed by atoms with Crippen LogP contribution in [0.2, 0.25) is 0 Å². The van der Waals surface area contributed by atoms with Crippen LogP contribution in [0.4, 0.5) is 5.69 Å². The number of rotatable bonds is 5. The Bertz CT molecular complexity index is 1350. The van der Waals surface area contributed by atoms with E-state index in [0.717, 1.165) is 16.8 Å². The Morgan fingerprint density at radius 1 is 0.968 bits per heavy atom. The Kier molecular flexibility index (Phi) is 4.64. The van der Waals surface area contributed by atoms with Crippen LogP contribution in [-0.2, 0) is 7.05 Å². The summed E-state index contributed by atoms with van der Waals surface area (Å²) in [6, 6.07) is 20.3. The highest BCUT2D eigenvalue weighted by Gasteiger charge is 2.14. The maximum absolute atomic E-state index is 12.2. The lowest BCUT2D eigenvalue weighted by Gasteiger charge is -2.04. The molecule has 5 aromatic rings. The fourth-order valence-electron chi connectivity index (χ4n) is 3.26. The summed E-state index contributed by atoms with van der Waals surface area (Å²) in [5, 5.41) is 11.1. The minimum Gasteiger partial charge on any atom is -0.459 e. The number of benzene rings is 2. The van der Waals surface area contributed by atoms with Gasteiger partial charge in [-0.1, -0.05) is 29.4 Å². The van der Waals surface area contributed by atoms with Crippen LogP contribution >= 0.6 is 0 Å². The number of aromatic nitrogens is 4. The standard InChI is InChI=1S/C23H17N5O3/c1-28-19(10-11-24-28)15-5-2-6-16(13-15)21-26-23(31-27-21)17-7-3-8-18(14-17)25-22(29)20-9-4-12-30-20/h2-14H,1H3,(H,25,29). The van der Waals surface area contributed by atoms with Crippen molar-refractivity contribution in [2.75, 3.05) is 5.32 Å². The number of hydrogen-bond acceptors (Lipinski definition) is 6. The summed E-state index contributed by atoms with van der Waals surface area (Å²) in [6.45, 7) is 0. The Balaban J connectivity index is 1.40. The molecule has 2 aromatic carbocycles. The highest BCUT2D eigenvalue weighted by atomic mass is 16.5. The van der Waals surface area contributed by atoms with Gasteiger partial charge in [0.25, 0.3) is 11.8 Å². The van der Waals surface area contributed by atoms with Gasteiger partial charge in [0.05, 0.1) is 12.0 Å². The number of aryl methyl sites for hydroxylation is 1. The molecule has 0 saturated carbocycles. The quantitative estimate of drug-likeness (QED) is 0.452. The molecule has 1 N–H and O–H groups in total. The second-order valence-electron chi connectivity index (χ2n) is 6.86.